The maximum absolute atomic E-state index is 13.0. The van der Waals surface area contributed by atoms with Crippen molar-refractivity contribution in [2.75, 3.05) is 13.2 Å². The summed E-state index contributed by atoms with van der Waals surface area (Å²) in [5, 5.41) is 0. The van der Waals surface area contributed by atoms with Crippen molar-refractivity contribution < 1.29 is 37.1 Å². The highest BCUT2D eigenvalue weighted by atomic mass is 19.4. The van der Waals surface area contributed by atoms with Gasteiger partial charge in [0.1, 0.15) is 6.54 Å². The van der Waals surface area contributed by atoms with E-state index in [1.807, 2.05) is 0 Å². The second kappa shape index (κ2) is 6.91. The predicted octanol–water partition coefficient (Wildman–Crippen LogP) is 1.56. The van der Waals surface area contributed by atoms with Gasteiger partial charge in [0.25, 0.3) is 0 Å². The minimum absolute atomic E-state index is 0.00563. The van der Waals surface area contributed by atoms with Crippen molar-refractivity contribution in [3.8, 4) is 0 Å². The maximum Gasteiger partial charge on any atom is 0.416 e. The number of ether oxygens (including phenoxy) is 1. The summed E-state index contributed by atoms with van der Waals surface area (Å²) < 4.78 is 43.6. The standard InChI is InChI=1S/C15H13F3N2O5/c1-2-25-11(21)8-20-13(23)12(22)19(14(20)24)7-9-5-3-4-6-10(9)15(16,17)18/h3-6H,2,7-8H2,1H3. The fourth-order valence-corrected chi connectivity index (χ4v) is 2.27. The van der Waals surface area contributed by atoms with Gasteiger partial charge in [-0.3, -0.25) is 19.3 Å². The molecule has 0 bridgehead atoms. The Morgan fingerprint density at radius 3 is 2.28 bits per heavy atom. The molecular formula is C15H13F3N2O5. The van der Waals surface area contributed by atoms with E-state index in [1.54, 1.807) is 0 Å². The second-order valence-corrected chi connectivity index (χ2v) is 5.03. The van der Waals surface area contributed by atoms with Gasteiger partial charge in [-0.15, -0.1) is 0 Å². The van der Waals surface area contributed by atoms with Gasteiger partial charge in [0, 0.05) is 0 Å². The highest BCUT2D eigenvalue weighted by Gasteiger charge is 2.46. The van der Waals surface area contributed by atoms with E-state index >= 15 is 0 Å². The van der Waals surface area contributed by atoms with Gasteiger partial charge in [0.15, 0.2) is 0 Å². The number of alkyl halides is 3. The topological polar surface area (TPSA) is 84.0 Å². The number of nitrogens with zero attached hydrogens (tertiary/aromatic N) is 2. The number of urea groups is 1. The first-order chi connectivity index (χ1) is 11.7. The van der Waals surface area contributed by atoms with Crippen LogP contribution in [0.5, 0.6) is 0 Å². The monoisotopic (exact) mass is 358 g/mol. The van der Waals surface area contributed by atoms with Gasteiger partial charge in [0.05, 0.1) is 18.7 Å². The molecule has 2 rings (SSSR count). The molecule has 0 unspecified atom stereocenters. The molecule has 1 aromatic rings. The summed E-state index contributed by atoms with van der Waals surface area (Å²) in [4.78, 5) is 48.0. The summed E-state index contributed by atoms with van der Waals surface area (Å²) in [6.45, 7) is -0.00416. The molecule has 25 heavy (non-hydrogen) atoms. The third-order valence-corrected chi connectivity index (χ3v) is 3.38. The Balaban J connectivity index is 2.24. The zero-order valence-corrected chi connectivity index (χ0v) is 13.0. The highest BCUT2D eigenvalue weighted by molar-refractivity contribution is 6.44. The molecule has 1 heterocycles. The summed E-state index contributed by atoms with van der Waals surface area (Å²) in [6.07, 6.45) is -4.68. The summed E-state index contributed by atoms with van der Waals surface area (Å²) >= 11 is 0. The number of amides is 4. The van der Waals surface area contributed by atoms with Crippen molar-refractivity contribution in [2.24, 2.45) is 0 Å². The lowest BCUT2D eigenvalue weighted by atomic mass is 10.1. The predicted molar refractivity (Wildman–Crippen MR) is 75.7 cm³/mol. The summed E-state index contributed by atoms with van der Waals surface area (Å²) in [7, 11) is 0. The van der Waals surface area contributed by atoms with Crippen molar-refractivity contribution in [3.63, 3.8) is 0 Å². The zero-order valence-electron chi connectivity index (χ0n) is 13.0. The number of esters is 1. The van der Waals surface area contributed by atoms with E-state index < -0.39 is 48.6 Å². The van der Waals surface area contributed by atoms with Crippen molar-refractivity contribution in [1.82, 2.24) is 9.80 Å². The van der Waals surface area contributed by atoms with E-state index in [2.05, 4.69) is 4.74 Å². The smallest absolute Gasteiger partial charge is 0.416 e. The third-order valence-electron chi connectivity index (χ3n) is 3.38. The fourth-order valence-electron chi connectivity index (χ4n) is 2.27. The number of hydrogen-bond donors (Lipinski definition) is 0. The number of benzene rings is 1. The Hall–Kier alpha value is -2.91. The first-order valence-corrected chi connectivity index (χ1v) is 7.14. The molecule has 1 fully saturated rings. The van der Waals surface area contributed by atoms with Crippen LogP contribution in [0.2, 0.25) is 0 Å². The number of halogens is 3. The van der Waals surface area contributed by atoms with E-state index in [0.29, 0.717) is 9.80 Å². The van der Waals surface area contributed by atoms with Crippen LogP contribution < -0.4 is 0 Å². The molecule has 0 aliphatic carbocycles. The Kier molecular flexibility index (Phi) is 5.10. The summed E-state index contributed by atoms with van der Waals surface area (Å²) in [5.41, 5.74) is -1.37. The van der Waals surface area contributed by atoms with Crippen molar-refractivity contribution >= 4 is 23.8 Å². The highest BCUT2D eigenvalue weighted by Crippen LogP contribution is 2.32. The number of carbonyl (C=O) groups is 4. The molecular weight excluding hydrogens is 345 g/mol. The molecule has 1 saturated heterocycles. The van der Waals surface area contributed by atoms with Crippen LogP contribution in [0.25, 0.3) is 0 Å². The van der Waals surface area contributed by atoms with E-state index in [1.165, 1.54) is 13.0 Å². The van der Waals surface area contributed by atoms with Crippen LogP contribution in [-0.4, -0.2) is 46.8 Å². The third kappa shape index (κ3) is 3.78. The molecule has 4 amide bonds. The number of imide groups is 2. The average Bonchev–Trinajstić information content (AvgIpc) is 2.72. The second-order valence-electron chi connectivity index (χ2n) is 5.03. The lowest BCUT2D eigenvalue weighted by Gasteiger charge is -2.18. The molecule has 0 radical (unpaired) electrons. The van der Waals surface area contributed by atoms with E-state index in [9.17, 15) is 32.3 Å². The van der Waals surface area contributed by atoms with Gasteiger partial charge in [-0.2, -0.15) is 13.2 Å². The molecule has 0 aromatic heterocycles. The molecule has 1 aromatic carbocycles. The molecule has 0 spiro atoms. The van der Waals surface area contributed by atoms with Crippen LogP contribution in [0.15, 0.2) is 24.3 Å². The SMILES string of the molecule is CCOC(=O)CN1C(=O)C(=O)N(Cc2ccccc2C(F)(F)F)C1=O. The summed E-state index contributed by atoms with van der Waals surface area (Å²) in [6, 6.07) is 3.21. The Morgan fingerprint density at radius 1 is 1.08 bits per heavy atom. The van der Waals surface area contributed by atoms with Crippen LogP contribution in [0.4, 0.5) is 18.0 Å². The van der Waals surface area contributed by atoms with Gasteiger partial charge in [0.2, 0.25) is 0 Å². The molecule has 7 nitrogen and oxygen atoms in total. The molecule has 134 valence electrons. The normalized spacial score (nSPS) is 15.1. The number of rotatable bonds is 5. The first-order valence-electron chi connectivity index (χ1n) is 7.14. The van der Waals surface area contributed by atoms with Crippen LogP contribution in [0, 0.1) is 0 Å². The molecule has 1 aliphatic heterocycles. The molecule has 10 heteroatoms. The van der Waals surface area contributed by atoms with Gasteiger partial charge in [-0.25, -0.2) is 9.69 Å². The fraction of sp³-hybridized carbons (Fsp3) is 0.333. The van der Waals surface area contributed by atoms with Crippen molar-refractivity contribution in [2.45, 2.75) is 19.6 Å². The van der Waals surface area contributed by atoms with Gasteiger partial charge < -0.3 is 4.74 Å². The quantitative estimate of drug-likeness (QED) is 0.453. The van der Waals surface area contributed by atoms with Gasteiger partial charge >= 0.3 is 30.0 Å². The Morgan fingerprint density at radius 2 is 1.68 bits per heavy atom. The van der Waals surface area contributed by atoms with Crippen LogP contribution in [0.1, 0.15) is 18.1 Å². The van der Waals surface area contributed by atoms with Crippen LogP contribution >= 0.6 is 0 Å². The lowest BCUT2D eigenvalue weighted by molar-refractivity contribution is -0.149. The van der Waals surface area contributed by atoms with Crippen LogP contribution in [-0.2, 0) is 31.8 Å². The number of carbonyl (C=O) groups excluding carboxylic acids is 4. The Labute approximate surface area is 139 Å². The van der Waals surface area contributed by atoms with Crippen molar-refractivity contribution in [1.29, 1.82) is 0 Å². The van der Waals surface area contributed by atoms with E-state index in [-0.39, 0.29) is 12.2 Å². The number of hydrogen-bond acceptors (Lipinski definition) is 5. The molecule has 0 atom stereocenters. The largest absolute Gasteiger partial charge is 0.465 e. The maximum atomic E-state index is 13.0. The zero-order chi connectivity index (χ0) is 18.8. The average molecular weight is 358 g/mol. The molecule has 0 N–H and O–H groups in total. The van der Waals surface area contributed by atoms with Gasteiger partial charge in [-0.05, 0) is 18.6 Å². The lowest BCUT2D eigenvalue weighted by Crippen LogP contribution is -2.37. The van der Waals surface area contributed by atoms with E-state index in [0.717, 1.165) is 18.2 Å². The Bertz CT molecular complexity index is 732. The molecule has 0 saturated carbocycles. The summed E-state index contributed by atoms with van der Waals surface area (Å²) in [5.74, 6) is -3.50. The minimum Gasteiger partial charge on any atom is -0.465 e. The van der Waals surface area contributed by atoms with Crippen molar-refractivity contribution in [3.05, 3.63) is 35.4 Å². The van der Waals surface area contributed by atoms with E-state index in [4.69, 9.17) is 0 Å². The minimum atomic E-state index is -4.68. The van der Waals surface area contributed by atoms with Gasteiger partial charge in [-0.1, -0.05) is 18.2 Å². The first kappa shape index (κ1) is 18.4. The molecule has 1 aliphatic rings. The van der Waals surface area contributed by atoms with Crippen LogP contribution in [0.3, 0.4) is 0 Å².